The molecule has 0 bridgehead atoms. The smallest absolute Gasteiger partial charge is 0.135 e. The van der Waals surface area contributed by atoms with Gasteiger partial charge >= 0.3 is 0 Å². The molecule has 0 aromatic carbocycles. The number of ether oxygens (including phenoxy) is 1. The highest BCUT2D eigenvalue weighted by Crippen LogP contribution is 2.51. The molecule has 1 aliphatic heterocycles. The van der Waals surface area contributed by atoms with E-state index in [0.717, 1.165) is 30.6 Å². The van der Waals surface area contributed by atoms with E-state index in [4.69, 9.17) is 4.74 Å². The molecule has 0 amide bonds. The first-order valence-corrected chi connectivity index (χ1v) is 7.98. The Hall–Kier alpha value is -0.370. The third kappa shape index (κ3) is 2.24. The number of hydrogen-bond acceptors (Lipinski definition) is 2. The summed E-state index contributed by atoms with van der Waals surface area (Å²) in [4.78, 5) is 12.3. The lowest BCUT2D eigenvalue weighted by atomic mass is 9.81. The molecule has 6 unspecified atom stereocenters. The van der Waals surface area contributed by atoms with Crippen LogP contribution in [0.1, 0.15) is 57.8 Å². The van der Waals surface area contributed by atoms with Gasteiger partial charge in [0.1, 0.15) is 5.78 Å². The van der Waals surface area contributed by atoms with Crippen LogP contribution in [0, 0.1) is 23.7 Å². The highest BCUT2D eigenvalue weighted by molar-refractivity contribution is 5.81. The topological polar surface area (TPSA) is 29.6 Å². The van der Waals surface area contributed by atoms with Crippen LogP contribution in [0.2, 0.25) is 0 Å². The van der Waals surface area contributed by atoms with Gasteiger partial charge in [-0.3, -0.25) is 4.79 Å². The Labute approximate surface area is 109 Å². The van der Waals surface area contributed by atoms with Gasteiger partial charge in [-0.25, -0.2) is 0 Å². The predicted octanol–water partition coefficient (Wildman–Crippen LogP) is 3.34. The summed E-state index contributed by atoms with van der Waals surface area (Å²) in [7, 11) is 0. The molecule has 0 aromatic rings. The lowest BCUT2D eigenvalue weighted by molar-refractivity contribution is -0.124. The number of hydrogen-bond donors (Lipinski definition) is 0. The van der Waals surface area contributed by atoms with E-state index < -0.39 is 0 Å². The second-order valence-electron chi connectivity index (χ2n) is 7.16. The fourth-order valence-corrected chi connectivity index (χ4v) is 4.44. The van der Waals surface area contributed by atoms with Crippen molar-refractivity contribution >= 4 is 5.78 Å². The molecule has 0 spiro atoms. The van der Waals surface area contributed by atoms with Crippen molar-refractivity contribution in [2.75, 3.05) is 0 Å². The van der Waals surface area contributed by atoms with Crippen molar-refractivity contribution in [3.8, 4) is 0 Å². The zero-order valence-electron chi connectivity index (χ0n) is 11.1. The summed E-state index contributed by atoms with van der Waals surface area (Å²) >= 11 is 0. The zero-order valence-corrected chi connectivity index (χ0v) is 11.1. The molecular weight excluding hydrogens is 224 g/mol. The Balaban J connectivity index is 1.23. The van der Waals surface area contributed by atoms with Gasteiger partial charge in [-0.2, -0.15) is 0 Å². The van der Waals surface area contributed by atoms with Crippen LogP contribution in [0.5, 0.6) is 0 Å². The lowest BCUT2D eigenvalue weighted by Gasteiger charge is -2.22. The van der Waals surface area contributed by atoms with Gasteiger partial charge in [-0.15, -0.1) is 0 Å². The third-order valence-corrected chi connectivity index (χ3v) is 5.91. The van der Waals surface area contributed by atoms with Crippen LogP contribution in [0.25, 0.3) is 0 Å². The van der Waals surface area contributed by atoms with Crippen molar-refractivity contribution in [2.24, 2.45) is 23.7 Å². The third-order valence-electron chi connectivity index (χ3n) is 5.91. The van der Waals surface area contributed by atoms with Crippen LogP contribution < -0.4 is 0 Å². The summed E-state index contributed by atoms with van der Waals surface area (Å²) in [5, 5.41) is 0. The average molecular weight is 248 g/mol. The Morgan fingerprint density at radius 2 is 1.89 bits per heavy atom. The van der Waals surface area contributed by atoms with Gasteiger partial charge in [0.2, 0.25) is 0 Å². The van der Waals surface area contributed by atoms with Gasteiger partial charge in [0.05, 0.1) is 12.2 Å². The molecule has 18 heavy (non-hydrogen) atoms. The zero-order chi connectivity index (χ0) is 12.1. The van der Waals surface area contributed by atoms with Crippen molar-refractivity contribution in [1.82, 2.24) is 0 Å². The molecule has 4 fully saturated rings. The molecular formula is C16H24O2. The summed E-state index contributed by atoms with van der Waals surface area (Å²) < 4.78 is 5.57. The average Bonchev–Trinajstić information content (AvgIpc) is 3.26. The second kappa shape index (κ2) is 4.33. The first-order valence-electron chi connectivity index (χ1n) is 7.98. The normalized spacial score (nSPS) is 49.1. The maximum atomic E-state index is 12.3. The maximum Gasteiger partial charge on any atom is 0.135 e. The Kier molecular flexibility index (Phi) is 2.76. The van der Waals surface area contributed by atoms with Gasteiger partial charge in [0.25, 0.3) is 0 Å². The number of carbonyl (C=O) groups excluding carboxylic acids is 1. The summed E-state index contributed by atoms with van der Waals surface area (Å²) in [5.41, 5.74) is 0. The van der Waals surface area contributed by atoms with Crippen LogP contribution in [-0.2, 0) is 9.53 Å². The maximum absolute atomic E-state index is 12.3. The summed E-state index contributed by atoms with van der Waals surface area (Å²) in [5.74, 6) is 3.73. The van der Waals surface area contributed by atoms with Gasteiger partial charge in [0, 0.05) is 12.3 Å². The van der Waals surface area contributed by atoms with Crippen LogP contribution in [-0.4, -0.2) is 18.0 Å². The summed E-state index contributed by atoms with van der Waals surface area (Å²) in [6.07, 6.45) is 12.1. The number of rotatable bonds is 4. The van der Waals surface area contributed by atoms with Crippen LogP contribution in [0.3, 0.4) is 0 Å². The monoisotopic (exact) mass is 248 g/mol. The van der Waals surface area contributed by atoms with Gasteiger partial charge < -0.3 is 4.74 Å². The van der Waals surface area contributed by atoms with E-state index in [1.807, 2.05) is 0 Å². The first kappa shape index (κ1) is 11.5. The van der Waals surface area contributed by atoms with Crippen LogP contribution >= 0.6 is 0 Å². The fraction of sp³-hybridized carbons (Fsp3) is 0.938. The summed E-state index contributed by atoms with van der Waals surface area (Å²) in [6, 6.07) is 0. The van der Waals surface area contributed by atoms with Crippen LogP contribution in [0.4, 0.5) is 0 Å². The number of Topliss-reactive ketones (excluding diaryl/α,β-unsaturated/α-hetero) is 1. The minimum absolute atomic E-state index is 0.433. The molecule has 0 radical (unpaired) electrons. The van der Waals surface area contributed by atoms with E-state index in [9.17, 15) is 4.79 Å². The number of epoxide rings is 1. The quantitative estimate of drug-likeness (QED) is 0.714. The molecule has 4 rings (SSSR count). The number of fused-ring (bicyclic) bond motifs is 2. The standard InChI is InChI=1S/C16H24O2/c17-14(12-4-3-11-8-13(11)9-12)5-1-10-2-6-15-16(7-10)18-15/h10-13,15-16H,1-9H2. The van der Waals surface area contributed by atoms with E-state index in [1.165, 1.54) is 44.9 Å². The Morgan fingerprint density at radius 3 is 2.72 bits per heavy atom. The van der Waals surface area contributed by atoms with E-state index in [-0.39, 0.29) is 0 Å². The minimum atomic E-state index is 0.433. The van der Waals surface area contributed by atoms with E-state index in [0.29, 0.717) is 23.9 Å². The SMILES string of the molecule is O=C(CCC1CCC2OC2C1)C1CCC2CC2C1. The van der Waals surface area contributed by atoms with E-state index >= 15 is 0 Å². The molecule has 0 N–H and O–H groups in total. The molecule has 0 aromatic heterocycles. The largest absolute Gasteiger partial charge is 0.370 e. The van der Waals surface area contributed by atoms with Crippen molar-refractivity contribution in [3.05, 3.63) is 0 Å². The Bertz CT molecular complexity index is 351. The lowest BCUT2D eigenvalue weighted by Crippen LogP contribution is -2.21. The van der Waals surface area contributed by atoms with Gasteiger partial charge in [0.15, 0.2) is 0 Å². The van der Waals surface area contributed by atoms with Crippen LogP contribution in [0.15, 0.2) is 0 Å². The Morgan fingerprint density at radius 1 is 0.944 bits per heavy atom. The molecule has 6 atom stereocenters. The molecule has 4 aliphatic rings. The van der Waals surface area contributed by atoms with Crippen molar-refractivity contribution in [3.63, 3.8) is 0 Å². The molecule has 2 nitrogen and oxygen atoms in total. The van der Waals surface area contributed by atoms with E-state index in [1.54, 1.807) is 0 Å². The first-order chi connectivity index (χ1) is 8.79. The van der Waals surface area contributed by atoms with Crippen molar-refractivity contribution < 1.29 is 9.53 Å². The fourth-order valence-electron chi connectivity index (χ4n) is 4.44. The number of ketones is 1. The van der Waals surface area contributed by atoms with Crippen molar-refractivity contribution in [1.29, 1.82) is 0 Å². The molecule has 3 saturated carbocycles. The molecule has 2 heteroatoms. The number of carbonyl (C=O) groups is 1. The molecule has 100 valence electrons. The highest BCUT2D eigenvalue weighted by Gasteiger charge is 2.45. The van der Waals surface area contributed by atoms with Gasteiger partial charge in [-0.05, 0) is 69.1 Å². The molecule has 3 aliphatic carbocycles. The predicted molar refractivity (Wildman–Crippen MR) is 69.2 cm³/mol. The molecule has 1 saturated heterocycles. The van der Waals surface area contributed by atoms with Crippen molar-refractivity contribution in [2.45, 2.75) is 70.0 Å². The highest BCUT2D eigenvalue weighted by atomic mass is 16.6. The second-order valence-corrected chi connectivity index (χ2v) is 7.16. The molecule has 1 heterocycles. The summed E-state index contributed by atoms with van der Waals surface area (Å²) in [6.45, 7) is 0. The van der Waals surface area contributed by atoms with Gasteiger partial charge in [-0.1, -0.05) is 0 Å². The minimum Gasteiger partial charge on any atom is -0.370 e. The van der Waals surface area contributed by atoms with E-state index in [2.05, 4.69) is 0 Å².